The van der Waals surface area contributed by atoms with Gasteiger partial charge in [0.05, 0.1) is 11.4 Å². The molecule has 8 heteroatoms. The Morgan fingerprint density at radius 2 is 1.84 bits per heavy atom. The molecule has 0 unspecified atom stereocenters. The normalized spacial score (nSPS) is 11.7. The smallest absolute Gasteiger partial charge is 0.246 e. The summed E-state index contributed by atoms with van der Waals surface area (Å²) in [6.07, 6.45) is 0.740. The van der Waals surface area contributed by atoms with E-state index in [1.54, 1.807) is 13.8 Å². The SMILES string of the molecule is Cc1nn(CC(=O)NCCc2ccccc2)c(C)c1S(=O)(=O)N(C)C. The summed E-state index contributed by atoms with van der Waals surface area (Å²) in [5, 5.41) is 7.05. The lowest BCUT2D eigenvalue weighted by Crippen LogP contribution is -2.30. The van der Waals surface area contributed by atoms with Crippen molar-refractivity contribution in [3.05, 3.63) is 47.3 Å². The quantitative estimate of drug-likeness (QED) is 0.798. The highest BCUT2D eigenvalue weighted by molar-refractivity contribution is 7.89. The van der Waals surface area contributed by atoms with E-state index in [0.29, 0.717) is 17.9 Å². The van der Waals surface area contributed by atoms with Crippen molar-refractivity contribution in [3.8, 4) is 0 Å². The number of aryl methyl sites for hydroxylation is 1. The largest absolute Gasteiger partial charge is 0.354 e. The van der Waals surface area contributed by atoms with Crippen LogP contribution in [-0.4, -0.2) is 49.1 Å². The minimum atomic E-state index is -3.59. The molecule has 25 heavy (non-hydrogen) atoms. The van der Waals surface area contributed by atoms with Gasteiger partial charge in [-0.05, 0) is 25.8 Å². The summed E-state index contributed by atoms with van der Waals surface area (Å²) in [4.78, 5) is 12.3. The van der Waals surface area contributed by atoms with E-state index in [-0.39, 0.29) is 17.3 Å². The maximum Gasteiger partial charge on any atom is 0.246 e. The van der Waals surface area contributed by atoms with E-state index in [4.69, 9.17) is 0 Å². The van der Waals surface area contributed by atoms with Crippen LogP contribution >= 0.6 is 0 Å². The summed E-state index contributed by atoms with van der Waals surface area (Å²) in [6, 6.07) is 9.88. The van der Waals surface area contributed by atoms with Gasteiger partial charge in [-0.1, -0.05) is 30.3 Å². The number of hydrogen-bond donors (Lipinski definition) is 1. The first kappa shape index (κ1) is 19.1. The second kappa shape index (κ2) is 7.79. The average molecular weight is 364 g/mol. The Labute approximate surface area is 148 Å². The third kappa shape index (κ3) is 4.46. The molecule has 2 rings (SSSR count). The summed E-state index contributed by atoms with van der Waals surface area (Å²) in [7, 11) is -0.640. The first-order chi connectivity index (χ1) is 11.7. The number of hydrogen-bond acceptors (Lipinski definition) is 4. The molecule has 2 aromatic rings. The summed E-state index contributed by atoms with van der Waals surface area (Å²) in [5.41, 5.74) is 2.00. The van der Waals surface area contributed by atoms with Crippen LogP contribution in [0.3, 0.4) is 0 Å². The number of aromatic nitrogens is 2. The second-order valence-corrected chi connectivity index (χ2v) is 8.12. The molecular formula is C17H24N4O3S. The first-order valence-corrected chi connectivity index (χ1v) is 9.44. The Hall–Kier alpha value is -2.19. The molecular weight excluding hydrogens is 340 g/mol. The van der Waals surface area contributed by atoms with Gasteiger partial charge in [-0.2, -0.15) is 5.10 Å². The first-order valence-electron chi connectivity index (χ1n) is 8.00. The van der Waals surface area contributed by atoms with Crippen molar-refractivity contribution in [1.82, 2.24) is 19.4 Å². The zero-order chi connectivity index (χ0) is 18.6. The molecule has 1 heterocycles. The van der Waals surface area contributed by atoms with Crippen molar-refractivity contribution in [2.75, 3.05) is 20.6 Å². The highest BCUT2D eigenvalue weighted by Crippen LogP contribution is 2.21. The fraction of sp³-hybridized carbons (Fsp3) is 0.412. The van der Waals surface area contributed by atoms with Crippen molar-refractivity contribution >= 4 is 15.9 Å². The van der Waals surface area contributed by atoms with Crippen LogP contribution in [0.15, 0.2) is 35.2 Å². The van der Waals surface area contributed by atoms with Crippen molar-refractivity contribution in [3.63, 3.8) is 0 Å². The summed E-state index contributed by atoms with van der Waals surface area (Å²) in [5.74, 6) is -0.199. The highest BCUT2D eigenvalue weighted by Gasteiger charge is 2.27. The molecule has 0 aliphatic carbocycles. The molecule has 1 aromatic heterocycles. The van der Waals surface area contributed by atoms with Gasteiger partial charge in [0.1, 0.15) is 11.4 Å². The second-order valence-electron chi connectivity index (χ2n) is 6.03. The maximum atomic E-state index is 12.4. The average Bonchev–Trinajstić information content (AvgIpc) is 2.82. The number of sulfonamides is 1. The van der Waals surface area contributed by atoms with Crippen LogP contribution in [0.1, 0.15) is 17.0 Å². The summed E-state index contributed by atoms with van der Waals surface area (Å²) < 4.78 is 27.3. The number of carbonyl (C=O) groups excluding carboxylic acids is 1. The van der Waals surface area contributed by atoms with E-state index in [1.165, 1.54) is 18.8 Å². The maximum absolute atomic E-state index is 12.4. The van der Waals surface area contributed by atoms with E-state index in [9.17, 15) is 13.2 Å². The van der Waals surface area contributed by atoms with Gasteiger partial charge in [0, 0.05) is 20.6 Å². The monoisotopic (exact) mass is 364 g/mol. The Morgan fingerprint density at radius 3 is 2.44 bits per heavy atom. The summed E-state index contributed by atoms with van der Waals surface area (Å²) in [6.45, 7) is 3.80. The van der Waals surface area contributed by atoms with E-state index in [2.05, 4.69) is 10.4 Å². The molecule has 0 spiro atoms. The molecule has 0 saturated carbocycles. The Kier molecular flexibility index (Phi) is 5.97. The number of nitrogens with zero attached hydrogens (tertiary/aromatic N) is 3. The molecule has 0 fully saturated rings. The van der Waals surface area contributed by atoms with Crippen molar-refractivity contribution in [2.45, 2.75) is 31.7 Å². The lowest BCUT2D eigenvalue weighted by Gasteiger charge is -2.12. The van der Waals surface area contributed by atoms with Crippen LogP contribution < -0.4 is 5.32 Å². The van der Waals surface area contributed by atoms with E-state index >= 15 is 0 Å². The van der Waals surface area contributed by atoms with Crippen LogP contribution in [0.4, 0.5) is 0 Å². The van der Waals surface area contributed by atoms with Gasteiger partial charge in [0.25, 0.3) is 0 Å². The molecule has 0 saturated heterocycles. The number of nitrogens with one attached hydrogen (secondary N) is 1. The van der Waals surface area contributed by atoms with Gasteiger partial charge in [-0.25, -0.2) is 12.7 Å². The topological polar surface area (TPSA) is 84.3 Å². The third-order valence-electron chi connectivity index (χ3n) is 3.93. The van der Waals surface area contributed by atoms with Gasteiger partial charge < -0.3 is 5.32 Å². The van der Waals surface area contributed by atoms with Crippen LogP contribution in [0, 0.1) is 13.8 Å². The minimum absolute atomic E-state index is 0.00951. The molecule has 0 bridgehead atoms. The summed E-state index contributed by atoms with van der Waals surface area (Å²) >= 11 is 0. The van der Waals surface area contributed by atoms with E-state index in [1.807, 2.05) is 30.3 Å². The molecule has 136 valence electrons. The molecule has 0 radical (unpaired) electrons. The predicted molar refractivity (Wildman–Crippen MR) is 95.7 cm³/mol. The van der Waals surface area contributed by atoms with Crippen molar-refractivity contribution in [1.29, 1.82) is 0 Å². The fourth-order valence-electron chi connectivity index (χ4n) is 2.57. The molecule has 7 nitrogen and oxygen atoms in total. The van der Waals surface area contributed by atoms with E-state index < -0.39 is 10.0 Å². The number of rotatable bonds is 7. The molecule has 1 amide bonds. The molecule has 0 atom stereocenters. The van der Waals surface area contributed by atoms with Gasteiger partial charge in [-0.3, -0.25) is 9.48 Å². The number of benzene rings is 1. The Balaban J connectivity index is 2.02. The minimum Gasteiger partial charge on any atom is -0.354 e. The Morgan fingerprint density at radius 1 is 1.20 bits per heavy atom. The fourth-order valence-corrected chi connectivity index (χ4v) is 3.83. The predicted octanol–water partition coefficient (Wildman–Crippen LogP) is 1.11. The van der Waals surface area contributed by atoms with Crippen molar-refractivity contribution < 1.29 is 13.2 Å². The van der Waals surface area contributed by atoms with Crippen LogP contribution in [0.2, 0.25) is 0 Å². The lowest BCUT2D eigenvalue weighted by molar-refractivity contribution is -0.121. The zero-order valence-electron chi connectivity index (χ0n) is 15.0. The molecule has 0 aliphatic rings. The van der Waals surface area contributed by atoms with Gasteiger partial charge in [0.15, 0.2) is 0 Å². The molecule has 0 aliphatic heterocycles. The standard InChI is InChI=1S/C17H24N4O3S/c1-13-17(25(23,24)20(3)4)14(2)21(19-13)12-16(22)18-11-10-15-8-6-5-7-9-15/h5-9H,10-12H2,1-4H3,(H,18,22). The highest BCUT2D eigenvalue weighted by atomic mass is 32.2. The third-order valence-corrected chi connectivity index (χ3v) is 5.99. The van der Waals surface area contributed by atoms with Crippen LogP contribution in [0.5, 0.6) is 0 Å². The molecule has 1 N–H and O–H groups in total. The van der Waals surface area contributed by atoms with Gasteiger partial charge >= 0.3 is 0 Å². The lowest BCUT2D eigenvalue weighted by atomic mass is 10.1. The number of carbonyl (C=O) groups is 1. The Bertz CT molecular complexity index is 842. The molecule has 1 aromatic carbocycles. The zero-order valence-corrected chi connectivity index (χ0v) is 15.8. The van der Waals surface area contributed by atoms with E-state index in [0.717, 1.165) is 16.3 Å². The van der Waals surface area contributed by atoms with Gasteiger partial charge in [0.2, 0.25) is 15.9 Å². The van der Waals surface area contributed by atoms with Crippen LogP contribution in [-0.2, 0) is 27.8 Å². The van der Waals surface area contributed by atoms with Crippen molar-refractivity contribution in [2.24, 2.45) is 0 Å². The van der Waals surface area contributed by atoms with Crippen LogP contribution in [0.25, 0.3) is 0 Å². The number of amides is 1. The van der Waals surface area contributed by atoms with Gasteiger partial charge in [-0.15, -0.1) is 0 Å².